The minimum Gasteiger partial charge on any atom is -0.466 e. The van der Waals surface area contributed by atoms with Gasteiger partial charge in [-0.1, -0.05) is 36.0 Å². The number of amides is 1. The molecule has 1 amide bonds. The molecule has 170 valence electrons. The summed E-state index contributed by atoms with van der Waals surface area (Å²) in [4.78, 5) is 42.9. The number of thiophene rings is 1. The van der Waals surface area contributed by atoms with Gasteiger partial charge in [0.25, 0.3) is 5.82 Å². The van der Waals surface area contributed by atoms with Gasteiger partial charge in [-0.3, -0.25) is 4.79 Å². The predicted octanol–water partition coefficient (Wildman–Crippen LogP) is 3.13. The topological polar surface area (TPSA) is 104 Å². The summed E-state index contributed by atoms with van der Waals surface area (Å²) in [5.41, 5.74) is 0.780. The number of thioether (sulfide) groups is 1. The molecule has 1 saturated heterocycles. The van der Waals surface area contributed by atoms with Crippen LogP contribution in [0.1, 0.15) is 17.0 Å². The Morgan fingerprint density at radius 1 is 1.18 bits per heavy atom. The lowest BCUT2D eigenvalue weighted by Crippen LogP contribution is -2.27. The molecule has 1 aromatic carbocycles. The first-order chi connectivity index (χ1) is 16.1. The van der Waals surface area contributed by atoms with Gasteiger partial charge in [-0.15, -0.1) is 16.4 Å². The SMILES string of the molecule is COC(=O)/C=C1/SCC(=O)N1CCCOC(=O)c1nc(-c2cccs2)n(-c2ccccc2)n1. The highest BCUT2D eigenvalue weighted by atomic mass is 32.2. The number of carbonyl (C=O) groups excluding carboxylic acids is 3. The van der Waals surface area contributed by atoms with Crippen molar-refractivity contribution >= 4 is 40.9 Å². The largest absolute Gasteiger partial charge is 0.466 e. The summed E-state index contributed by atoms with van der Waals surface area (Å²) in [5.74, 6) is -0.498. The molecular formula is C22H20N4O5S2. The first-order valence-electron chi connectivity index (χ1n) is 10.0. The Balaban J connectivity index is 1.40. The third kappa shape index (κ3) is 5.32. The van der Waals surface area contributed by atoms with Crippen LogP contribution in [0.2, 0.25) is 0 Å². The van der Waals surface area contributed by atoms with Crippen molar-refractivity contribution in [2.75, 3.05) is 26.0 Å². The lowest BCUT2D eigenvalue weighted by molar-refractivity contribution is -0.134. The number of methoxy groups -OCH3 is 1. The molecular weight excluding hydrogens is 464 g/mol. The number of rotatable bonds is 8. The van der Waals surface area contributed by atoms with Gasteiger partial charge >= 0.3 is 11.9 Å². The van der Waals surface area contributed by atoms with E-state index in [4.69, 9.17) is 4.74 Å². The predicted molar refractivity (Wildman–Crippen MR) is 124 cm³/mol. The highest BCUT2D eigenvalue weighted by molar-refractivity contribution is 8.04. The fraction of sp³-hybridized carbons (Fsp3) is 0.227. The molecule has 4 rings (SSSR count). The van der Waals surface area contributed by atoms with Gasteiger partial charge in [0.2, 0.25) is 5.91 Å². The van der Waals surface area contributed by atoms with E-state index in [0.717, 1.165) is 10.6 Å². The second-order valence-corrected chi connectivity index (χ2v) is 8.76. The summed E-state index contributed by atoms with van der Waals surface area (Å²) in [5, 5.41) is 6.83. The first-order valence-corrected chi connectivity index (χ1v) is 11.9. The van der Waals surface area contributed by atoms with Gasteiger partial charge in [0.1, 0.15) is 0 Å². The average molecular weight is 485 g/mol. The fourth-order valence-corrected chi connectivity index (χ4v) is 4.75. The molecule has 33 heavy (non-hydrogen) atoms. The zero-order chi connectivity index (χ0) is 23.2. The van der Waals surface area contributed by atoms with Crippen LogP contribution in [0.5, 0.6) is 0 Å². The Morgan fingerprint density at radius 2 is 2.00 bits per heavy atom. The van der Waals surface area contributed by atoms with E-state index in [1.54, 1.807) is 4.68 Å². The molecule has 0 unspecified atom stereocenters. The Labute approximate surface area is 198 Å². The van der Waals surface area contributed by atoms with E-state index in [-0.39, 0.29) is 24.1 Å². The summed E-state index contributed by atoms with van der Waals surface area (Å²) in [7, 11) is 1.28. The van der Waals surface area contributed by atoms with Gasteiger partial charge in [-0.2, -0.15) is 4.98 Å². The zero-order valence-corrected chi connectivity index (χ0v) is 19.3. The number of benzene rings is 1. The first kappa shape index (κ1) is 22.7. The number of aromatic nitrogens is 3. The number of hydrogen-bond acceptors (Lipinski definition) is 9. The molecule has 3 heterocycles. The molecule has 0 spiro atoms. The quantitative estimate of drug-likeness (QED) is 0.273. The molecule has 0 bridgehead atoms. The van der Waals surface area contributed by atoms with Crippen LogP contribution < -0.4 is 0 Å². The Morgan fingerprint density at radius 3 is 2.73 bits per heavy atom. The van der Waals surface area contributed by atoms with Crippen LogP contribution in [0, 0.1) is 0 Å². The van der Waals surface area contributed by atoms with Crippen molar-refractivity contribution in [3.63, 3.8) is 0 Å². The summed E-state index contributed by atoms with van der Waals surface area (Å²) in [6.45, 7) is 0.390. The third-order valence-electron chi connectivity index (χ3n) is 4.64. The van der Waals surface area contributed by atoms with E-state index in [1.807, 2.05) is 47.8 Å². The van der Waals surface area contributed by atoms with Crippen LogP contribution in [-0.2, 0) is 19.1 Å². The van der Waals surface area contributed by atoms with Gasteiger partial charge in [-0.25, -0.2) is 14.3 Å². The monoisotopic (exact) mass is 484 g/mol. The number of nitrogens with zero attached hydrogens (tertiary/aromatic N) is 4. The molecule has 1 aliphatic heterocycles. The molecule has 0 N–H and O–H groups in total. The van der Waals surface area contributed by atoms with Gasteiger partial charge < -0.3 is 14.4 Å². The summed E-state index contributed by atoms with van der Waals surface area (Å²) >= 11 is 2.77. The number of carbonyl (C=O) groups is 3. The van der Waals surface area contributed by atoms with Gasteiger partial charge in [-0.05, 0) is 30.0 Å². The number of hydrogen-bond donors (Lipinski definition) is 0. The minimum atomic E-state index is -0.644. The van der Waals surface area contributed by atoms with Crippen LogP contribution >= 0.6 is 23.1 Å². The smallest absolute Gasteiger partial charge is 0.378 e. The Bertz CT molecular complexity index is 1170. The van der Waals surface area contributed by atoms with Crippen molar-refractivity contribution in [2.45, 2.75) is 6.42 Å². The van der Waals surface area contributed by atoms with Crippen molar-refractivity contribution < 1.29 is 23.9 Å². The van der Waals surface area contributed by atoms with Crippen molar-refractivity contribution in [2.24, 2.45) is 0 Å². The lowest BCUT2D eigenvalue weighted by Gasteiger charge is -2.16. The van der Waals surface area contributed by atoms with Crippen molar-refractivity contribution in [1.82, 2.24) is 19.7 Å². The van der Waals surface area contributed by atoms with Gasteiger partial charge in [0.15, 0.2) is 5.82 Å². The van der Waals surface area contributed by atoms with E-state index >= 15 is 0 Å². The second-order valence-electron chi connectivity index (χ2n) is 6.81. The van der Waals surface area contributed by atoms with E-state index in [9.17, 15) is 14.4 Å². The third-order valence-corrected chi connectivity index (χ3v) is 6.54. The fourth-order valence-electron chi connectivity index (χ4n) is 3.09. The molecule has 2 aromatic heterocycles. The lowest BCUT2D eigenvalue weighted by atomic mass is 10.3. The highest BCUT2D eigenvalue weighted by Crippen LogP contribution is 2.29. The van der Waals surface area contributed by atoms with E-state index < -0.39 is 11.9 Å². The molecule has 1 aliphatic rings. The number of para-hydroxylation sites is 1. The number of esters is 2. The molecule has 0 radical (unpaired) electrons. The zero-order valence-electron chi connectivity index (χ0n) is 17.7. The minimum absolute atomic E-state index is 0.0404. The second kappa shape index (κ2) is 10.5. The van der Waals surface area contributed by atoms with Crippen LogP contribution in [-0.4, -0.2) is 63.5 Å². The maximum Gasteiger partial charge on any atom is 0.378 e. The van der Waals surface area contributed by atoms with E-state index in [0.29, 0.717) is 23.8 Å². The highest BCUT2D eigenvalue weighted by Gasteiger charge is 2.27. The van der Waals surface area contributed by atoms with Crippen molar-refractivity contribution in [3.05, 3.63) is 64.8 Å². The molecule has 11 heteroatoms. The van der Waals surface area contributed by atoms with Crippen molar-refractivity contribution in [3.8, 4) is 16.4 Å². The summed E-state index contributed by atoms with van der Waals surface area (Å²) in [6, 6.07) is 13.2. The van der Waals surface area contributed by atoms with E-state index in [2.05, 4.69) is 14.8 Å². The molecule has 0 saturated carbocycles. The normalized spacial score (nSPS) is 14.6. The molecule has 1 fully saturated rings. The maximum absolute atomic E-state index is 12.6. The Hall–Kier alpha value is -3.44. The standard InChI is InChI=1S/C22H20N4O5S2/c1-30-19(28)13-18-25(17(27)14-33-18)10-6-11-31-22(29)20-23-21(16-9-5-12-32-16)26(24-20)15-7-3-2-4-8-15/h2-5,7-9,12-13H,6,10-11,14H2,1H3/b18-13+. The molecule has 0 aliphatic carbocycles. The summed E-state index contributed by atoms with van der Waals surface area (Å²) < 4.78 is 11.6. The number of ether oxygens (including phenoxy) is 2. The summed E-state index contributed by atoms with van der Waals surface area (Å²) in [6.07, 6.45) is 1.68. The van der Waals surface area contributed by atoms with Gasteiger partial charge in [0, 0.05) is 6.54 Å². The molecule has 3 aromatic rings. The Kier molecular flexibility index (Phi) is 7.20. The average Bonchev–Trinajstić information content (AvgIpc) is 3.58. The van der Waals surface area contributed by atoms with Crippen LogP contribution in [0.3, 0.4) is 0 Å². The molecule has 9 nitrogen and oxygen atoms in total. The maximum atomic E-state index is 12.6. The van der Waals surface area contributed by atoms with Crippen LogP contribution in [0.4, 0.5) is 0 Å². The van der Waals surface area contributed by atoms with Crippen molar-refractivity contribution in [1.29, 1.82) is 0 Å². The van der Waals surface area contributed by atoms with Crippen LogP contribution in [0.15, 0.2) is 58.9 Å². The molecule has 0 atom stereocenters. The van der Waals surface area contributed by atoms with Crippen LogP contribution in [0.25, 0.3) is 16.4 Å². The van der Waals surface area contributed by atoms with Gasteiger partial charge in [0.05, 0.1) is 41.1 Å². The van der Waals surface area contributed by atoms with E-state index in [1.165, 1.54) is 41.2 Å².